The van der Waals surface area contributed by atoms with Crippen LogP contribution in [-0.4, -0.2) is 300 Å². The second kappa shape index (κ2) is 39.6. The molecule has 0 aliphatic heterocycles. The molecule has 0 bridgehead atoms. The molecule has 38 heteroatoms. The van der Waals surface area contributed by atoms with E-state index in [9.17, 15) is 125 Å². The molecule has 0 radical (unpaired) electrons. The molecule has 0 heterocycles. The SMILES string of the molecule is NC(CNC(=O)CC[C@@H](C([O-])O)N(CCN(CC([O-])O)CC([O-])O)CCN(CC([O-])O)CC([O-])O)C(=O)NCCC(=O)NC(CNC(=O)CC[C@@H](C(=O)[O-])N(CCN(CC(=O)[O-])CC(=O)[O-])CCN(CC(=O)[O-])CC(=O)[O-])C(=O)NC1(N)CC1. The Morgan fingerprint density at radius 3 is 1.26 bits per heavy atom. The first-order valence-corrected chi connectivity index (χ1v) is 26.2. The van der Waals surface area contributed by atoms with Crippen molar-refractivity contribution in [3.05, 3.63) is 0 Å². The fraction of sp³-hybridized carbons (Fsp3) is 0.783. The van der Waals surface area contributed by atoms with Gasteiger partial charge in [-0.1, -0.05) is 0 Å². The number of rotatable bonds is 49. The van der Waals surface area contributed by atoms with Crippen LogP contribution in [0.1, 0.15) is 44.9 Å². The third-order valence-electron chi connectivity index (χ3n) is 12.5. The van der Waals surface area contributed by atoms with Gasteiger partial charge in [0, 0.05) is 156 Å². The van der Waals surface area contributed by atoms with Gasteiger partial charge in [-0.2, -0.15) is 0 Å². The number of nitrogens with one attached hydrogen (secondary N) is 5. The van der Waals surface area contributed by atoms with E-state index in [4.69, 9.17) is 11.5 Å². The molecule has 1 aliphatic carbocycles. The quantitative estimate of drug-likeness (QED) is 0.0252. The number of aliphatic hydroxyl groups is 5. The van der Waals surface area contributed by atoms with Crippen molar-refractivity contribution in [3.8, 4) is 0 Å². The molecular formula is C46H75N13O25-10. The minimum atomic E-state index is -2.44. The van der Waals surface area contributed by atoms with Crippen LogP contribution in [0.3, 0.4) is 0 Å². The first-order chi connectivity index (χ1) is 39.2. The van der Waals surface area contributed by atoms with E-state index in [0.717, 1.165) is 24.5 Å². The van der Waals surface area contributed by atoms with E-state index < -0.39 is 251 Å². The van der Waals surface area contributed by atoms with Crippen LogP contribution in [0.2, 0.25) is 0 Å². The highest BCUT2D eigenvalue weighted by atomic mass is 16.5. The zero-order valence-corrected chi connectivity index (χ0v) is 45.8. The summed E-state index contributed by atoms with van der Waals surface area (Å²) in [6, 6.07) is -6.20. The average Bonchev–Trinajstić information content (AvgIpc) is 3.92. The van der Waals surface area contributed by atoms with Gasteiger partial charge in [-0.15, -0.1) is 0 Å². The van der Waals surface area contributed by atoms with Crippen LogP contribution in [0, 0.1) is 0 Å². The lowest BCUT2D eigenvalue weighted by Crippen LogP contribution is -2.57. The summed E-state index contributed by atoms with van der Waals surface area (Å²) < 4.78 is 0. The molecule has 9 atom stereocenters. The molecule has 7 unspecified atom stereocenters. The highest BCUT2D eigenvalue weighted by Crippen LogP contribution is 2.28. The summed E-state index contributed by atoms with van der Waals surface area (Å²) in [6.45, 7) is -11.0. The third kappa shape index (κ3) is 35.3. The number of aliphatic hydroxyl groups excluding tert-OH is 5. The van der Waals surface area contributed by atoms with E-state index in [1.54, 1.807) is 0 Å². The minimum absolute atomic E-state index is 0.281. The number of nitrogens with zero attached hydrogens (tertiary/aromatic N) is 6. The Labute approximate surface area is 481 Å². The van der Waals surface area contributed by atoms with E-state index in [1.807, 2.05) is 0 Å². The molecule has 484 valence electrons. The van der Waals surface area contributed by atoms with Gasteiger partial charge in [-0.25, -0.2) is 0 Å². The van der Waals surface area contributed by atoms with Crippen molar-refractivity contribution >= 4 is 59.4 Å². The molecule has 1 saturated carbocycles. The number of amides is 5. The largest absolute Gasteiger partial charge is 0.830 e. The molecule has 0 saturated heterocycles. The number of carbonyl (C=O) groups is 10. The zero-order chi connectivity index (χ0) is 63.9. The monoisotopic (exact) mass is 1210 g/mol. The lowest BCUT2D eigenvalue weighted by atomic mass is 10.1. The fourth-order valence-electron chi connectivity index (χ4n) is 8.21. The highest BCUT2D eigenvalue weighted by molar-refractivity contribution is 5.90. The maximum atomic E-state index is 13.3. The molecule has 0 aromatic heterocycles. The molecule has 1 fully saturated rings. The van der Waals surface area contributed by atoms with Crippen LogP contribution in [-0.2, 0) is 47.9 Å². The van der Waals surface area contributed by atoms with Crippen molar-refractivity contribution < 1.29 is 125 Å². The van der Waals surface area contributed by atoms with Gasteiger partial charge in [0.15, 0.2) is 0 Å². The number of hydrogen-bond acceptors (Lipinski definition) is 33. The number of carbonyl (C=O) groups excluding carboxylic acids is 10. The molecule has 1 rings (SSSR count). The molecule has 0 aromatic rings. The molecule has 0 spiro atoms. The van der Waals surface area contributed by atoms with E-state index in [2.05, 4.69) is 26.6 Å². The van der Waals surface area contributed by atoms with Crippen LogP contribution in [0.15, 0.2) is 0 Å². The molecule has 5 amide bonds. The van der Waals surface area contributed by atoms with Crippen LogP contribution in [0.25, 0.3) is 0 Å². The molecule has 38 nitrogen and oxygen atoms in total. The number of carboxylic acid groups (broad SMARTS) is 5. The Bertz CT molecular complexity index is 1970. The summed E-state index contributed by atoms with van der Waals surface area (Å²) in [6.07, 6.45) is -13.3. The summed E-state index contributed by atoms with van der Waals surface area (Å²) in [4.78, 5) is 129. The Morgan fingerprint density at radius 2 is 0.881 bits per heavy atom. The smallest absolute Gasteiger partial charge is 0.245 e. The first kappa shape index (κ1) is 76.0. The normalized spacial score (nSPS) is 16.3. The zero-order valence-electron chi connectivity index (χ0n) is 45.8. The van der Waals surface area contributed by atoms with E-state index >= 15 is 0 Å². The molecule has 1 aliphatic rings. The third-order valence-corrected chi connectivity index (χ3v) is 12.5. The molecule has 0 aromatic carbocycles. The molecule has 14 N–H and O–H groups in total. The maximum absolute atomic E-state index is 13.3. The Morgan fingerprint density at radius 1 is 0.488 bits per heavy atom. The molecular weight excluding hydrogens is 1130 g/mol. The fourth-order valence-corrected chi connectivity index (χ4v) is 8.21. The summed E-state index contributed by atoms with van der Waals surface area (Å²) >= 11 is 0. The van der Waals surface area contributed by atoms with Gasteiger partial charge < -0.3 is 139 Å². The van der Waals surface area contributed by atoms with Gasteiger partial charge in [-0.3, -0.25) is 53.4 Å². The van der Waals surface area contributed by atoms with Gasteiger partial charge in [0.05, 0.1) is 35.5 Å². The topological polar surface area (TPSA) is 634 Å². The van der Waals surface area contributed by atoms with Crippen molar-refractivity contribution in [2.75, 3.05) is 124 Å². The van der Waals surface area contributed by atoms with Gasteiger partial charge in [0.25, 0.3) is 0 Å². The predicted molar refractivity (Wildman–Crippen MR) is 258 cm³/mol. The van der Waals surface area contributed by atoms with Crippen LogP contribution < -0.4 is 89.1 Å². The minimum Gasteiger partial charge on any atom is -0.830 e. The number of aliphatic carboxylic acids is 5. The van der Waals surface area contributed by atoms with E-state index in [-0.39, 0.29) is 26.2 Å². The predicted octanol–water partition coefficient (Wildman–Crippen LogP) is -22.6. The first-order valence-electron chi connectivity index (χ1n) is 26.2. The maximum Gasteiger partial charge on any atom is 0.245 e. The van der Waals surface area contributed by atoms with Crippen molar-refractivity contribution in [2.24, 2.45) is 11.5 Å². The summed E-state index contributed by atoms with van der Waals surface area (Å²) in [5.74, 6) is -13.1. The Hall–Kier alpha value is -6.02. The molecule has 84 heavy (non-hydrogen) atoms. The lowest BCUT2D eigenvalue weighted by Gasteiger charge is -2.41. The summed E-state index contributed by atoms with van der Waals surface area (Å²) in [5.41, 5.74) is 10.8. The summed E-state index contributed by atoms with van der Waals surface area (Å²) in [5, 5.41) is 175. The highest BCUT2D eigenvalue weighted by Gasteiger charge is 2.41. The Balaban J connectivity index is 3.02. The van der Waals surface area contributed by atoms with Crippen molar-refractivity contribution in [2.45, 2.75) is 106 Å². The van der Waals surface area contributed by atoms with Crippen molar-refractivity contribution in [1.29, 1.82) is 0 Å². The van der Waals surface area contributed by atoms with Crippen LogP contribution in [0.4, 0.5) is 0 Å². The van der Waals surface area contributed by atoms with Gasteiger partial charge in [0.1, 0.15) is 12.1 Å². The van der Waals surface area contributed by atoms with E-state index in [1.165, 1.54) is 4.90 Å². The van der Waals surface area contributed by atoms with Crippen molar-refractivity contribution in [1.82, 2.24) is 56.0 Å². The second-order valence-corrected chi connectivity index (χ2v) is 19.7. The second-order valence-electron chi connectivity index (χ2n) is 19.7. The van der Waals surface area contributed by atoms with Crippen LogP contribution in [0.5, 0.6) is 0 Å². The van der Waals surface area contributed by atoms with E-state index in [0.29, 0.717) is 12.8 Å². The number of hydrogen-bond donors (Lipinski definition) is 12. The van der Waals surface area contributed by atoms with Crippen LogP contribution >= 0.6 is 0 Å². The average molecular weight is 1210 g/mol. The summed E-state index contributed by atoms with van der Waals surface area (Å²) in [7, 11) is 0. The lowest BCUT2D eigenvalue weighted by molar-refractivity contribution is -0.497. The van der Waals surface area contributed by atoms with Crippen molar-refractivity contribution in [3.63, 3.8) is 0 Å². The Kier molecular flexibility index (Phi) is 35.8. The van der Waals surface area contributed by atoms with Gasteiger partial charge in [0.2, 0.25) is 29.5 Å². The number of carboxylic acids is 5. The van der Waals surface area contributed by atoms with Gasteiger partial charge in [-0.05, 0) is 57.1 Å². The number of nitrogens with two attached hydrogens (primary N) is 2. The standard InChI is InChI=1S/C46H80N13O25/c47-27(17-50-31(60)3-1-29(44(81)82)58(13-9-54(19-34(63)64)20-35(65)66)14-10-55(21-36(67)68)22-37(69)70)42(79)49-8-5-33(62)52-28(43(80)53-46(48)6-7-46)18-51-32(61)4-2-30(45(83)84)59(15-11-56(23-38(71)72)24-39(73)74)16-12-57(25-40(75)76)26-41(77)78/h27-30,34-37,44,63,65,67,69,81H,1-26,47-48H2,(H,49,79)(H,50,60)(H,51,61)(H,52,62)(H,53,80)(H,71,72)(H,73,74)(H,75,76)(H,77,78)(H,83,84)/q-5/p-5/t27?,28?,29-,30-,34?,35?,36?,37?,44?/m0/s1. The van der Waals surface area contributed by atoms with Gasteiger partial charge >= 0.3 is 0 Å².